The summed E-state index contributed by atoms with van der Waals surface area (Å²) < 4.78 is 13.6. The first-order valence-electron chi connectivity index (χ1n) is 7.23. The van der Waals surface area contributed by atoms with E-state index in [1.165, 1.54) is 30.3 Å². The molecule has 24 heavy (non-hydrogen) atoms. The zero-order valence-corrected chi connectivity index (χ0v) is 12.5. The number of carbonyl (C=O) groups excluding carboxylic acids is 1. The molecule has 0 spiro atoms. The number of rotatable bonds is 2. The molecule has 1 aliphatic heterocycles. The molecule has 1 aliphatic rings. The second-order valence-electron chi connectivity index (χ2n) is 5.12. The SMILES string of the molecule is N#Cc1ccc(O)c(C(=O)N=C2NCCN2)c1-c1cccc(F)c1. The lowest BCUT2D eigenvalue weighted by Crippen LogP contribution is -2.25. The predicted octanol–water partition coefficient (Wildman–Crippen LogP) is 1.76. The molecule has 0 radical (unpaired) electrons. The second kappa shape index (κ2) is 6.38. The van der Waals surface area contributed by atoms with E-state index in [4.69, 9.17) is 0 Å². The van der Waals surface area contributed by atoms with E-state index >= 15 is 0 Å². The van der Waals surface area contributed by atoms with E-state index in [0.29, 0.717) is 24.6 Å². The van der Waals surface area contributed by atoms with Crippen LogP contribution < -0.4 is 10.6 Å². The van der Waals surface area contributed by atoms with E-state index in [2.05, 4.69) is 15.6 Å². The normalized spacial score (nSPS) is 12.9. The molecule has 7 heteroatoms. The van der Waals surface area contributed by atoms with E-state index in [0.717, 1.165) is 0 Å². The fourth-order valence-electron chi connectivity index (χ4n) is 2.51. The van der Waals surface area contributed by atoms with Crippen LogP contribution in [-0.4, -0.2) is 30.1 Å². The molecule has 0 saturated carbocycles. The number of halogens is 1. The number of aliphatic imine (C=N–C) groups is 1. The monoisotopic (exact) mass is 324 g/mol. The minimum Gasteiger partial charge on any atom is -0.507 e. The molecule has 1 saturated heterocycles. The number of amides is 1. The van der Waals surface area contributed by atoms with Crippen molar-refractivity contribution in [3.63, 3.8) is 0 Å². The predicted molar refractivity (Wildman–Crippen MR) is 86.0 cm³/mol. The van der Waals surface area contributed by atoms with Crippen LogP contribution in [-0.2, 0) is 0 Å². The van der Waals surface area contributed by atoms with Crippen molar-refractivity contribution in [2.24, 2.45) is 4.99 Å². The quantitative estimate of drug-likeness (QED) is 0.782. The van der Waals surface area contributed by atoms with Crippen molar-refractivity contribution in [2.75, 3.05) is 13.1 Å². The molecule has 1 fully saturated rings. The number of hydrogen-bond donors (Lipinski definition) is 3. The second-order valence-corrected chi connectivity index (χ2v) is 5.12. The van der Waals surface area contributed by atoms with E-state index in [1.807, 2.05) is 6.07 Å². The summed E-state index contributed by atoms with van der Waals surface area (Å²) >= 11 is 0. The van der Waals surface area contributed by atoms with Crippen LogP contribution in [0.2, 0.25) is 0 Å². The zero-order chi connectivity index (χ0) is 17.1. The highest BCUT2D eigenvalue weighted by molar-refractivity contribution is 6.09. The molecule has 0 bridgehead atoms. The summed E-state index contributed by atoms with van der Waals surface area (Å²) in [6.45, 7) is 1.26. The summed E-state index contributed by atoms with van der Waals surface area (Å²) in [5.41, 5.74) is 0.486. The van der Waals surface area contributed by atoms with Gasteiger partial charge in [0, 0.05) is 18.7 Å². The Labute approximate surface area is 137 Å². The van der Waals surface area contributed by atoms with Gasteiger partial charge in [0.25, 0.3) is 5.91 Å². The summed E-state index contributed by atoms with van der Waals surface area (Å²) in [4.78, 5) is 16.4. The Morgan fingerprint density at radius 1 is 1.25 bits per heavy atom. The number of nitrogens with zero attached hydrogens (tertiary/aromatic N) is 2. The first-order valence-corrected chi connectivity index (χ1v) is 7.23. The average Bonchev–Trinajstić information content (AvgIpc) is 3.07. The van der Waals surface area contributed by atoms with E-state index < -0.39 is 11.7 Å². The van der Waals surface area contributed by atoms with E-state index in [9.17, 15) is 19.6 Å². The minimum atomic E-state index is -0.722. The molecule has 3 rings (SSSR count). The molecule has 3 N–H and O–H groups in total. The molecule has 6 nitrogen and oxygen atoms in total. The highest BCUT2D eigenvalue weighted by Crippen LogP contribution is 2.34. The van der Waals surface area contributed by atoms with Gasteiger partial charge >= 0.3 is 0 Å². The van der Waals surface area contributed by atoms with Crippen molar-refractivity contribution in [1.82, 2.24) is 10.6 Å². The minimum absolute atomic E-state index is 0.136. The van der Waals surface area contributed by atoms with Gasteiger partial charge in [-0.1, -0.05) is 12.1 Å². The van der Waals surface area contributed by atoms with Gasteiger partial charge in [0.2, 0.25) is 0 Å². The number of phenolic OH excluding ortho intramolecular Hbond substituents is 1. The molecule has 0 unspecified atom stereocenters. The number of carbonyl (C=O) groups is 1. The highest BCUT2D eigenvalue weighted by Gasteiger charge is 2.22. The van der Waals surface area contributed by atoms with E-state index in [-0.39, 0.29) is 22.4 Å². The van der Waals surface area contributed by atoms with Crippen LogP contribution >= 0.6 is 0 Å². The van der Waals surface area contributed by atoms with E-state index in [1.54, 1.807) is 6.07 Å². The van der Waals surface area contributed by atoms with Gasteiger partial charge in [-0.05, 0) is 29.8 Å². The Morgan fingerprint density at radius 2 is 2.00 bits per heavy atom. The summed E-state index contributed by atoms with van der Waals surface area (Å²) in [7, 11) is 0. The topological polar surface area (TPSA) is 97.5 Å². The van der Waals surface area contributed by atoms with Gasteiger partial charge in [0.15, 0.2) is 5.96 Å². The van der Waals surface area contributed by atoms with Gasteiger partial charge in [-0.3, -0.25) is 4.79 Å². The number of hydrogen-bond acceptors (Lipinski definition) is 3. The average molecular weight is 324 g/mol. The maximum atomic E-state index is 13.6. The number of benzene rings is 2. The third-order valence-electron chi connectivity index (χ3n) is 3.55. The molecule has 2 aromatic carbocycles. The maximum Gasteiger partial charge on any atom is 0.284 e. The van der Waals surface area contributed by atoms with Crippen molar-refractivity contribution in [3.8, 4) is 22.9 Å². The summed E-state index contributed by atoms with van der Waals surface area (Å²) in [6, 6.07) is 10.1. The summed E-state index contributed by atoms with van der Waals surface area (Å²) in [5.74, 6) is -1.25. The summed E-state index contributed by atoms with van der Waals surface area (Å²) in [6.07, 6.45) is 0. The van der Waals surface area contributed by atoms with Gasteiger partial charge in [0.05, 0.1) is 17.2 Å². The number of guanidine groups is 1. The number of nitriles is 1. The molecule has 0 aromatic heterocycles. The number of aromatic hydroxyl groups is 1. The molecule has 1 heterocycles. The van der Waals surface area contributed by atoms with Crippen molar-refractivity contribution < 1.29 is 14.3 Å². The molecular weight excluding hydrogens is 311 g/mol. The number of nitrogens with one attached hydrogen (secondary N) is 2. The van der Waals surface area contributed by atoms with Gasteiger partial charge in [-0.15, -0.1) is 0 Å². The Kier molecular flexibility index (Phi) is 4.12. The van der Waals surface area contributed by atoms with Crippen LogP contribution in [0.25, 0.3) is 11.1 Å². The third-order valence-corrected chi connectivity index (χ3v) is 3.55. The van der Waals surface area contributed by atoms with Crippen LogP contribution in [0, 0.1) is 17.1 Å². The van der Waals surface area contributed by atoms with Crippen molar-refractivity contribution >= 4 is 11.9 Å². The third kappa shape index (κ3) is 2.90. The highest BCUT2D eigenvalue weighted by atomic mass is 19.1. The van der Waals surface area contributed by atoms with Gasteiger partial charge in [-0.25, -0.2) is 4.39 Å². The fraction of sp³-hybridized carbons (Fsp3) is 0.118. The Bertz CT molecular complexity index is 879. The largest absolute Gasteiger partial charge is 0.507 e. The Hall–Kier alpha value is -3.40. The van der Waals surface area contributed by atoms with Crippen molar-refractivity contribution in [3.05, 3.63) is 53.3 Å². The number of phenols is 1. The lowest BCUT2D eigenvalue weighted by Gasteiger charge is -2.11. The Morgan fingerprint density at radius 3 is 2.67 bits per heavy atom. The van der Waals surface area contributed by atoms with Crippen LogP contribution in [0.1, 0.15) is 15.9 Å². The molecule has 0 atom stereocenters. The summed E-state index contributed by atoms with van der Waals surface area (Å²) in [5, 5.41) is 25.3. The maximum absolute atomic E-state index is 13.6. The fourth-order valence-corrected chi connectivity index (χ4v) is 2.51. The van der Waals surface area contributed by atoms with Crippen LogP contribution in [0.3, 0.4) is 0 Å². The lowest BCUT2D eigenvalue weighted by molar-refractivity contribution is 0.100. The van der Waals surface area contributed by atoms with Crippen molar-refractivity contribution in [2.45, 2.75) is 0 Å². The standard InChI is InChI=1S/C17H13FN4O2/c18-12-3-1-2-10(8-12)14-11(9-19)4-5-13(23)15(14)16(24)22-17-20-6-7-21-17/h1-5,8,23H,6-7H2,(H2,20,21,22,24). The molecule has 0 aliphatic carbocycles. The van der Waals surface area contributed by atoms with Gasteiger partial charge in [-0.2, -0.15) is 10.3 Å². The molecule has 2 aromatic rings. The van der Waals surface area contributed by atoms with Gasteiger partial charge < -0.3 is 15.7 Å². The van der Waals surface area contributed by atoms with Crippen LogP contribution in [0.4, 0.5) is 4.39 Å². The van der Waals surface area contributed by atoms with Gasteiger partial charge in [0.1, 0.15) is 11.6 Å². The smallest absolute Gasteiger partial charge is 0.284 e. The molecule has 120 valence electrons. The van der Waals surface area contributed by atoms with Crippen LogP contribution in [0.15, 0.2) is 41.4 Å². The first kappa shape index (κ1) is 15.5. The zero-order valence-electron chi connectivity index (χ0n) is 12.5. The Balaban J connectivity index is 2.20. The lowest BCUT2D eigenvalue weighted by atomic mass is 9.93. The molecule has 1 amide bonds. The van der Waals surface area contributed by atoms with Crippen LogP contribution in [0.5, 0.6) is 5.75 Å². The first-order chi connectivity index (χ1) is 11.6. The molecular formula is C17H13FN4O2. The van der Waals surface area contributed by atoms with Crippen molar-refractivity contribution in [1.29, 1.82) is 5.26 Å².